The number of ketones is 1. The van der Waals surface area contributed by atoms with Crippen molar-refractivity contribution < 1.29 is 9.90 Å². The van der Waals surface area contributed by atoms with Crippen LogP contribution >= 0.6 is 72.4 Å². The SMILES string of the molecule is O=C1CC(=S)SC(=S)C1C1=C(O)CC(=S)SC1=S. The second-order valence-electron chi connectivity index (χ2n) is 3.67. The zero-order chi connectivity index (χ0) is 13.4. The zero-order valence-electron chi connectivity index (χ0n) is 8.80. The lowest BCUT2D eigenvalue weighted by Gasteiger charge is -2.27. The molecule has 18 heavy (non-hydrogen) atoms. The van der Waals surface area contributed by atoms with Crippen LogP contribution in [0.5, 0.6) is 0 Å². The molecule has 1 fully saturated rings. The van der Waals surface area contributed by atoms with Gasteiger partial charge in [0.1, 0.15) is 5.76 Å². The number of Topliss-reactive ketones (excluding diaryl/α,β-unsaturated/α-hetero) is 1. The number of allylic oxidation sites excluding steroid dienone is 1. The van der Waals surface area contributed by atoms with Gasteiger partial charge in [-0.2, -0.15) is 0 Å². The molecule has 1 saturated heterocycles. The number of carbonyl (C=O) groups is 1. The topological polar surface area (TPSA) is 37.3 Å². The van der Waals surface area contributed by atoms with E-state index in [0.717, 1.165) is 0 Å². The summed E-state index contributed by atoms with van der Waals surface area (Å²) < 4.78 is 2.09. The van der Waals surface area contributed by atoms with Crippen molar-refractivity contribution in [1.82, 2.24) is 0 Å². The molecule has 0 aromatic heterocycles. The largest absolute Gasteiger partial charge is 0.512 e. The first-order valence-corrected chi connectivity index (χ1v) is 8.11. The van der Waals surface area contributed by atoms with Crippen LogP contribution < -0.4 is 0 Å². The Balaban J connectivity index is 2.41. The molecule has 0 aromatic rings. The average Bonchev–Trinajstić information content (AvgIpc) is 2.20. The van der Waals surface area contributed by atoms with Gasteiger partial charge < -0.3 is 5.11 Å². The van der Waals surface area contributed by atoms with Crippen LogP contribution in [0.25, 0.3) is 0 Å². The van der Waals surface area contributed by atoms with Gasteiger partial charge in [0, 0.05) is 18.4 Å². The van der Waals surface area contributed by atoms with Crippen molar-refractivity contribution in [2.45, 2.75) is 12.8 Å². The summed E-state index contributed by atoms with van der Waals surface area (Å²) in [6.07, 6.45) is 0.455. The third-order valence-electron chi connectivity index (χ3n) is 2.43. The van der Waals surface area contributed by atoms with Crippen molar-refractivity contribution in [2.75, 3.05) is 0 Å². The van der Waals surface area contributed by atoms with E-state index >= 15 is 0 Å². The molecule has 94 valence electrons. The molecule has 2 rings (SSSR count). The number of thioether (sulfide) groups is 2. The molecule has 0 aliphatic carbocycles. The maximum Gasteiger partial charge on any atom is 0.152 e. The van der Waals surface area contributed by atoms with E-state index in [9.17, 15) is 9.90 Å². The predicted molar refractivity (Wildman–Crippen MR) is 93.0 cm³/mol. The van der Waals surface area contributed by atoms with E-state index in [1.54, 1.807) is 0 Å². The molecule has 0 bridgehead atoms. The maximum atomic E-state index is 12.1. The molecule has 1 atom stereocenters. The van der Waals surface area contributed by atoms with E-state index in [-0.39, 0.29) is 24.4 Å². The summed E-state index contributed by atoms with van der Waals surface area (Å²) >= 11 is 22.9. The van der Waals surface area contributed by atoms with Crippen LogP contribution in [0, 0.1) is 5.92 Å². The summed E-state index contributed by atoms with van der Waals surface area (Å²) in [5.41, 5.74) is 0.452. The lowest BCUT2D eigenvalue weighted by Crippen LogP contribution is -2.33. The average molecular weight is 351 g/mol. The molecular formula is C10H6O2S6. The van der Waals surface area contributed by atoms with Gasteiger partial charge >= 0.3 is 0 Å². The van der Waals surface area contributed by atoms with Crippen LogP contribution in [0.3, 0.4) is 0 Å². The van der Waals surface area contributed by atoms with E-state index in [2.05, 4.69) is 0 Å². The lowest BCUT2D eigenvalue weighted by atomic mass is 9.93. The number of aliphatic hydroxyl groups is 1. The minimum absolute atomic E-state index is 0.0675. The third-order valence-corrected chi connectivity index (χ3v) is 5.76. The van der Waals surface area contributed by atoms with Gasteiger partial charge in [-0.15, -0.1) is 0 Å². The van der Waals surface area contributed by atoms with E-state index in [0.29, 0.717) is 22.4 Å². The number of rotatable bonds is 1. The molecule has 0 saturated carbocycles. The molecule has 8 heteroatoms. The molecule has 2 aliphatic rings. The minimum atomic E-state index is -0.625. The van der Waals surface area contributed by atoms with Crippen molar-refractivity contribution >= 4 is 95.0 Å². The van der Waals surface area contributed by atoms with Crippen LogP contribution in [0.4, 0.5) is 0 Å². The Labute approximate surface area is 134 Å². The van der Waals surface area contributed by atoms with E-state index in [4.69, 9.17) is 48.9 Å². The predicted octanol–water partition coefficient (Wildman–Crippen LogP) is 3.57. The van der Waals surface area contributed by atoms with Crippen LogP contribution in [-0.4, -0.2) is 27.7 Å². The molecular weight excluding hydrogens is 345 g/mol. The molecule has 1 unspecified atom stereocenters. The Morgan fingerprint density at radius 1 is 1.06 bits per heavy atom. The van der Waals surface area contributed by atoms with E-state index < -0.39 is 5.92 Å². The quantitative estimate of drug-likeness (QED) is 0.720. The van der Waals surface area contributed by atoms with Crippen LogP contribution in [-0.2, 0) is 4.79 Å². The molecule has 0 aromatic carbocycles. The van der Waals surface area contributed by atoms with Crippen molar-refractivity contribution in [1.29, 1.82) is 0 Å². The van der Waals surface area contributed by atoms with Gasteiger partial charge in [-0.1, -0.05) is 72.4 Å². The van der Waals surface area contributed by atoms with Gasteiger partial charge in [-0.05, 0) is 0 Å². The highest BCUT2D eigenvalue weighted by Crippen LogP contribution is 2.38. The summed E-state index contributed by atoms with van der Waals surface area (Å²) in [4.78, 5) is 12.1. The number of thiocarbonyl (C=S) groups is 4. The highest BCUT2D eigenvalue weighted by molar-refractivity contribution is 8.39. The fourth-order valence-corrected chi connectivity index (χ4v) is 5.46. The van der Waals surface area contributed by atoms with Gasteiger partial charge in [0.2, 0.25) is 0 Å². The minimum Gasteiger partial charge on any atom is -0.512 e. The Hall–Kier alpha value is 0.270. The molecule has 0 radical (unpaired) electrons. The van der Waals surface area contributed by atoms with Gasteiger partial charge in [0.15, 0.2) is 5.78 Å². The highest BCUT2D eigenvalue weighted by Gasteiger charge is 2.38. The molecule has 2 aliphatic heterocycles. The lowest BCUT2D eigenvalue weighted by molar-refractivity contribution is -0.118. The Bertz CT molecular complexity index is 512. The third kappa shape index (κ3) is 2.88. The van der Waals surface area contributed by atoms with Gasteiger partial charge in [0.05, 0.1) is 22.7 Å². The zero-order valence-corrected chi connectivity index (χ0v) is 13.7. The molecule has 0 spiro atoms. The molecule has 2 nitrogen and oxygen atoms in total. The van der Waals surface area contributed by atoms with Gasteiger partial charge in [-0.25, -0.2) is 0 Å². The summed E-state index contributed by atoms with van der Waals surface area (Å²) in [6, 6.07) is 0. The smallest absolute Gasteiger partial charge is 0.152 e. The van der Waals surface area contributed by atoms with Crippen molar-refractivity contribution in [3.63, 3.8) is 0 Å². The monoisotopic (exact) mass is 350 g/mol. The van der Waals surface area contributed by atoms with Crippen LogP contribution in [0.2, 0.25) is 0 Å². The Kier molecular flexibility index (Phi) is 4.66. The first-order valence-electron chi connectivity index (χ1n) is 4.84. The number of hydrogen-bond donors (Lipinski definition) is 1. The van der Waals surface area contributed by atoms with Crippen molar-refractivity contribution in [3.8, 4) is 0 Å². The summed E-state index contributed by atoms with van der Waals surface area (Å²) in [5, 5.41) is 10.0. The maximum absolute atomic E-state index is 12.1. The summed E-state index contributed by atoms with van der Waals surface area (Å²) in [7, 11) is 0. The summed E-state index contributed by atoms with van der Waals surface area (Å²) in [5.74, 6) is -0.654. The van der Waals surface area contributed by atoms with E-state index in [1.807, 2.05) is 0 Å². The standard InChI is InChI=1S/C10H6O2S6/c11-3-1-5(13)17-9(15)7(3)8-4(12)2-6(14)18-10(8)16/h7,12H,1-2H2. The van der Waals surface area contributed by atoms with Crippen molar-refractivity contribution in [2.24, 2.45) is 5.92 Å². The first kappa shape index (κ1) is 14.7. The van der Waals surface area contributed by atoms with Crippen LogP contribution in [0.1, 0.15) is 12.8 Å². The molecule has 2 heterocycles. The fraction of sp³-hybridized carbons (Fsp3) is 0.300. The van der Waals surface area contributed by atoms with Gasteiger partial charge in [-0.3, -0.25) is 4.79 Å². The first-order chi connectivity index (χ1) is 8.40. The Morgan fingerprint density at radius 3 is 2.22 bits per heavy atom. The second-order valence-corrected chi connectivity index (χ2v) is 8.78. The summed E-state index contributed by atoms with van der Waals surface area (Å²) in [6.45, 7) is 0. The van der Waals surface area contributed by atoms with Crippen LogP contribution in [0.15, 0.2) is 11.3 Å². The number of hydrogen-bond acceptors (Lipinski definition) is 8. The second kappa shape index (κ2) is 5.72. The molecule has 1 N–H and O–H groups in total. The Morgan fingerprint density at radius 2 is 1.67 bits per heavy atom. The highest BCUT2D eigenvalue weighted by atomic mass is 32.2. The van der Waals surface area contributed by atoms with Crippen molar-refractivity contribution in [3.05, 3.63) is 11.3 Å². The molecule has 0 amide bonds. The van der Waals surface area contributed by atoms with E-state index in [1.165, 1.54) is 23.5 Å². The number of carbonyl (C=O) groups excluding carboxylic acids is 1. The van der Waals surface area contributed by atoms with Gasteiger partial charge in [0.25, 0.3) is 0 Å². The fourth-order valence-electron chi connectivity index (χ4n) is 1.69. The number of aliphatic hydroxyl groups excluding tert-OH is 1. The normalized spacial score (nSPS) is 26.0.